The second kappa shape index (κ2) is 10.3. The first-order chi connectivity index (χ1) is 14.1. The lowest BCUT2D eigenvalue weighted by molar-refractivity contribution is -0.121. The first kappa shape index (κ1) is 20.4. The zero-order valence-electron chi connectivity index (χ0n) is 16.4. The van der Waals surface area contributed by atoms with Crippen molar-refractivity contribution in [1.29, 1.82) is 0 Å². The molecule has 152 valence electrons. The third-order valence-corrected chi connectivity index (χ3v) is 4.55. The molecule has 0 radical (unpaired) electrons. The van der Waals surface area contributed by atoms with Crippen LogP contribution in [0.15, 0.2) is 52.9 Å². The van der Waals surface area contributed by atoms with E-state index in [1.165, 1.54) is 0 Å². The number of phenols is 1. The molecule has 0 aliphatic rings. The second-order valence-electron chi connectivity index (χ2n) is 6.67. The van der Waals surface area contributed by atoms with Gasteiger partial charge in [-0.25, -0.2) is 0 Å². The van der Waals surface area contributed by atoms with E-state index in [0.717, 1.165) is 23.3 Å². The van der Waals surface area contributed by atoms with Gasteiger partial charge in [0.15, 0.2) is 0 Å². The molecule has 1 aromatic heterocycles. The number of aryl methyl sites for hydroxylation is 3. The molecule has 0 bridgehead atoms. The summed E-state index contributed by atoms with van der Waals surface area (Å²) in [4.78, 5) is 12.0. The molecule has 0 atom stereocenters. The number of methoxy groups -OCH3 is 1. The Bertz CT molecular complexity index is 922. The van der Waals surface area contributed by atoms with Crippen LogP contribution in [0.3, 0.4) is 0 Å². The van der Waals surface area contributed by atoms with Gasteiger partial charge in [0.2, 0.25) is 17.7 Å². The summed E-state index contributed by atoms with van der Waals surface area (Å²) in [5.41, 5.74) is 2.14. The maximum absolute atomic E-state index is 12.0. The number of rotatable bonds is 10. The standard InChI is InChI=1S/C22H25N3O4/c1-28-19-5-3-2-4-17(19)8-12-21-24-25-22(29-21)13-11-20(27)23-15-14-16-6-9-18(26)10-7-16/h2-7,9-10,26H,8,11-15H2,1H3,(H,23,27). The molecule has 1 amide bonds. The predicted molar refractivity (Wildman–Crippen MR) is 108 cm³/mol. The molecule has 2 N–H and O–H groups in total. The average molecular weight is 395 g/mol. The van der Waals surface area contributed by atoms with Crippen LogP contribution in [0.2, 0.25) is 0 Å². The fourth-order valence-electron chi connectivity index (χ4n) is 2.96. The molecule has 2 aromatic carbocycles. The normalized spacial score (nSPS) is 10.7. The van der Waals surface area contributed by atoms with Gasteiger partial charge in [0.05, 0.1) is 7.11 Å². The molecule has 0 aliphatic heterocycles. The summed E-state index contributed by atoms with van der Waals surface area (Å²) in [6.07, 6.45) is 2.77. The van der Waals surface area contributed by atoms with Crippen LogP contribution >= 0.6 is 0 Å². The van der Waals surface area contributed by atoms with E-state index in [0.29, 0.717) is 44.0 Å². The lowest BCUT2D eigenvalue weighted by Gasteiger charge is -2.06. The average Bonchev–Trinajstić information content (AvgIpc) is 3.20. The summed E-state index contributed by atoms with van der Waals surface area (Å²) < 4.78 is 11.0. The third-order valence-electron chi connectivity index (χ3n) is 4.55. The second-order valence-corrected chi connectivity index (χ2v) is 6.67. The molecule has 1 heterocycles. The molecule has 0 fully saturated rings. The van der Waals surface area contributed by atoms with E-state index in [-0.39, 0.29) is 11.7 Å². The smallest absolute Gasteiger partial charge is 0.220 e. The van der Waals surface area contributed by atoms with Crippen LogP contribution < -0.4 is 10.1 Å². The zero-order valence-corrected chi connectivity index (χ0v) is 16.4. The SMILES string of the molecule is COc1ccccc1CCc1nnc(CCC(=O)NCCc2ccc(O)cc2)o1. The van der Waals surface area contributed by atoms with Crippen molar-refractivity contribution in [2.75, 3.05) is 13.7 Å². The predicted octanol–water partition coefficient (Wildman–Crippen LogP) is 2.86. The zero-order chi connectivity index (χ0) is 20.5. The Balaban J connectivity index is 1.38. The number of aromatic nitrogens is 2. The minimum atomic E-state index is -0.0578. The first-order valence-corrected chi connectivity index (χ1v) is 9.62. The van der Waals surface area contributed by atoms with E-state index in [4.69, 9.17) is 9.15 Å². The van der Waals surface area contributed by atoms with Crippen molar-refractivity contribution in [2.24, 2.45) is 0 Å². The van der Waals surface area contributed by atoms with Gasteiger partial charge in [-0.05, 0) is 42.2 Å². The number of para-hydroxylation sites is 1. The van der Waals surface area contributed by atoms with E-state index in [2.05, 4.69) is 15.5 Å². The van der Waals surface area contributed by atoms with Gasteiger partial charge in [0.25, 0.3) is 0 Å². The van der Waals surface area contributed by atoms with Gasteiger partial charge in [0, 0.05) is 25.8 Å². The van der Waals surface area contributed by atoms with Crippen molar-refractivity contribution < 1.29 is 19.1 Å². The Kier molecular flexibility index (Phi) is 7.22. The fourth-order valence-corrected chi connectivity index (χ4v) is 2.96. The number of nitrogens with zero attached hydrogens (tertiary/aromatic N) is 2. The van der Waals surface area contributed by atoms with Crippen LogP contribution in [-0.2, 0) is 30.5 Å². The lowest BCUT2D eigenvalue weighted by Crippen LogP contribution is -2.25. The van der Waals surface area contributed by atoms with Gasteiger partial charge in [-0.3, -0.25) is 4.79 Å². The summed E-state index contributed by atoms with van der Waals surface area (Å²) in [6.45, 7) is 0.539. The number of nitrogens with one attached hydrogen (secondary N) is 1. The van der Waals surface area contributed by atoms with E-state index < -0.39 is 0 Å². The van der Waals surface area contributed by atoms with Gasteiger partial charge in [-0.1, -0.05) is 30.3 Å². The van der Waals surface area contributed by atoms with Crippen molar-refractivity contribution >= 4 is 5.91 Å². The summed E-state index contributed by atoms with van der Waals surface area (Å²) in [5.74, 6) is 2.04. The highest BCUT2D eigenvalue weighted by atomic mass is 16.5. The quantitative estimate of drug-likeness (QED) is 0.548. The van der Waals surface area contributed by atoms with E-state index in [1.807, 2.05) is 36.4 Å². The Morgan fingerprint density at radius 2 is 1.72 bits per heavy atom. The molecule has 3 aromatic rings. The fraction of sp³-hybridized carbons (Fsp3) is 0.318. The minimum Gasteiger partial charge on any atom is -0.508 e. The lowest BCUT2D eigenvalue weighted by atomic mass is 10.1. The van der Waals surface area contributed by atoms with Crippen molar-refractivity contribution in [3.63, 3.8) is 0 Å². The Morgan fingerprint density at radius 3 is 2.48 bits per heavy atom. The number of hydrogen-bond acceptors (Lipinski definition) is 6. The van der Waals surface area contributed by atoms with Crippen molar-refractivity contribution in [2.45, 2.75) is 32.1 Å². The Hall–Kier alpha value is -3.35. The number of amides is 1. The van der Waals surface area contributed by atoms with Crippen LogP contribution in [0, 0.1) is 0 Å². The van der Waals surface area contributed by atoms with Crippen LogP contribution in [0.4, 0.5) is 0 Å². The van der Waals surface area contributed by atoms with E-state index >= 15 is 0 Å². The summed E-state index contributed by atoms with van der Waals surface area (Å²) in [5, 5.41) is 20.2. The number of carbonyl (C=O) groups is 1. The monoisotopic (exact) mass is 395 g/mol. The van der Waals surface area contributed by atoms with E-state index in [1.54, 1.807) is 19.2 Å². The van der Waals surface area contributed by atoms with Crippen molar-refractivity contribution in [3.8, 4) is 11.5 Å². The van der Waals surface area contributed by atoms with Crippen molar-refractivity contribution in [3.05, 3.63) is 71.4 Å². The molecule has 3 rings (SSSR count). The van der Waals surface area contributed by atoms with Crippen LogP contribution in [-0.4, -0.2) is 34.9 Å². The third kappa shape index (κ3) is 6.34. The maximum Gasteiger partial charge on any atom is 0.220 e. The van der Waals surface area contributed by atoms with Gasteiger partial charge < -0.3 is 19.6 Å². The highest BCUT2D eigenvalue weighted by Gasteiger charge is 2.10. The topological polar surface area (TPSA) is 97.5 Å². The number of hydrogen-bond donors (Lipinski definition) is 2. The molecule has 0 saturated carbocycles. The molecule has 0 aliphatic carbocycles. The Labute approximate surface area is 169 Å². The summed E-state index contributed by atoms with van der Waals surface area (Å²) >= 11 is 0. The maximum atomic E-state index is 12.0. The molecule has 0 saturated heterocycles. The van der Waals surface area contributed by atoms with Gasteiger partial charge >= 0.3 is 0 Å². The molecule has 7 nitrogen and oxygen atoms in total. The molecule has 0 unspecified atom stereocenters. The van der Waals surface area contributed by atoms with E-state index in [9.17, 15) is 9.90 Å². The first-order valence-electron chi connectivity index (χ1n) is 9.62. The van der Waals surface area contributed by atoms with Crippen LogP contribution in [0.1, 0.15) is 29.3 Å². The minimum absolute atomic E-state index is 0.0578. The number of ether oxygens (including phenoxy) is 1. The number of phenolic OH excluding ortho intramolecular Hbond substituents is 1. The van der Waals surface area contributed by atoms with Gasteiger partial charge in [0.1, 0.15) is 11.5 Å². The highest BCUT2D eigenvalue weighted by Crippen LogP contribution is 2.19. The molecular weight excluding hydrogens is 370 g/mol. The summed E-state index contributed by atoms with van der Waals surface area (Å²) in [6, 6.07) is 14.8. The number of aromatic hydroxyl groups is 1. The largest absolute Gasteiger partial charge is 0.508 e. The molecular formula is C22H25N3O4. The molecule has 29 heavy (non-hydrogen) atoms. The van der Waals surface area contributed by atoms with Crippen LogP contribution in [0.25, 0.3) is 0 Å². The Morgan fingerprint density at radius 1 is 1.00 bits per heavy atom. The van der Waals surface area contributed by atoms with Crippen LogP contribution in [0.5, 0.6) is 11.5 Å². The van der Waals surface area contributed by atoms with Crippen molar-refractivity contribution in [1.82, 2.24) is 15.5 Å². The molecule has 7 heteroatoms. The summed E-state index contributed by atoms with van der Waals surface area (Å²) in [7, 11) is 1.65. The van der Waals surface area contributed by atoms with Gasteiger partial charge in [-0.2, -0.15) is 0 Å². The number of carbonyl (C=O) groups excluding carboxylic acids is 1. The molecule has 0 spiro atoms. The highest BCUT2D eigenvalue weighted by molar-refractivity contribution is 5.76. The van der Waals surface area contributed by atoms with Gasteiger partial charge in [-0.15, -0.1) is 10.2 Å². The number of benzene rings is 2.